The van der Waals surface area contributed by atoms with Gasteiger partial charge in [0.1, 0.15) is 5.75 Å². The highest BCUT2D eigenvalue weighted by atomic mass is 16.7. The van der Waals surface area contributed by atoms with Gasteiger partial charge in [0.05, 0.1) is 19.8 Å². The van der Waals surface area contributed by atoms with Gasteiger partial charge >= 0.3 is 0 Å². The molecule has 1 aliphatic carbocycles. The molecule has 1 fully saturated rings. The van der Waals surface area contributed by atoms with Gasteiger partial charge in [-0.05, 0) is 49.8 Å². The SMILES string of the molecule is CC1(CCOc2cccc3c2CCCC3)OCCO1. The smallest absolute Gasteiger partial charge is 0.168 e. The van der Waals surface area contributed by atoms with Crippen molar-refractivity contribution >= 4 is 0 Å². The summed E-state index contributed by atoms with van der Waals surface area (Å²) in [5.74, 6) is 0.605. The van der Waals surface area contributed by atoms with Gasteiger partial charge in [0, 0.05) is 6.42 Å². The Kier molecular flexibility index (Phi) is 3.76. The standard InChI is InChI=1S/C16H22O3/c1-16(18-11-12-19-16)9-10-17-15-8-4-6-13-5-2-3-7-14(13)15/h4,6,8H,2-3,5,7,9-12H2,1H3. The highest BCUT2D eigenvalue weighted by Crippen LogP contribution is 2.30. The van der Waals surface area contributed by atoms with Gasteiger partial charge < -0.3 is 14.2 Å². The van der Waals surface area contributed by atoms with E-state index in [2.05, 4.69) is 18.2 Å². The van der Waals surface area contributed by atoms with E-state index in [4.69, 9.17) is 14.2 Å². The van der Waals surface area contributed by atoms with Crippen molar-refractivity contribution in [3.63, 3.8) is 0 Å². The Labute approximate surface area is 114 Å². The normalized spacial score (nSPS) is 21.1. The first-order valence-electron chi connectivity index (χ1n) is 7.28. The molecule has 0 radical (unpaired) electrons. The van der Waals surface area contributed by atoms with Crippen molar-refractivity contribution in [2.24, 2.45) is 0 Å². The largest absolute Gasteiger partial charge is 0.493 e. The van der Waals surface area contributed by atoms with Crippen molar-refractivity contribution in [3.8, 4) is 5.75 Å². The summed E-state index contributed by atoms with van der Waals surface area (Å²) >= 11 is 0. The average molecular weight is 262 g/mol. The molecular weight excluding hydrogens is 240 g/mol. The Bertz CT molecular complexity index is 436. The lowest BCUT2D eigenvalue weighted by atomic mass is 9.91. The third-order valence-electron chi connectivity index (χ3n) is 4.06. The number of hydrogen-bond acceptors (Lipinski definition) is 3. The van der Waals surface area contributed by atoms with Gasteiger partial charge in [0.2, 0.25) is 0 Å². The van der Waals surface area contributed by atoms with Crippen LogP contribution in [0.15, 0.2) is 18.2 Å². The molecule has 1 aromatic carbocycles. The number of benzene rings is 1. The molecule has 3 nitrogen and oxygen atoms in total. The van der Waals surface area contributed by atoms with Crippen LogP contribution in [0.5, 0.6) is 5.75 Å². The minimum absolute atomic E-state index is 0.450. The molecule has 0 amide bonds. The van der Waals surface area contributed by atoms with Crippen molar-refractivity contribution < 1.29 is 14.2 Å². The first-order valence-corrected chi connectivity index (χ1v) is 7.28. The van der Waals surface area contributed by atoms with Crippen LogP contribution in [-0.2, 0) is 22.3 Å². The molecule has 104 valence electrons. The minimum Gasteiger partial charge on any atom is -0.493 e. The van der Waals surface area contributed by atoms with Crippen LogP contribution in [-0.4, -0.2) is 25.6 Å². The molecule has 3 heteroatoms. The van der Waals surface area contributed by atoms with E-state index in [1.54, 1.807) is 0 Å². The molecule has 1 saturated heterocycles. The average Bonchev–Trinajstić information content (AvgIpc) is 2.86. The second-order valence-electron chi connectivity index (χ2n) is 5.53. The van der Waals surface area contributed by atoms with Crippen LogP contribution in [0.25, 0.3) is 0 Å². The Morgan fingerprint density at radius 3 is 2.79 bits per heavy atom. The van der Waals surface area contributed by atoms with Crippen molar-refractivity contribution in [2.45, 2.75) is 44.8 Å². The quantitative estimate of drug-likeness (QED) is 0.834. The third kappa shape index (κ3) is 2.93. The van der Waals surface area contributed by atoms with Crippen LogP contribution >= 0.6 is 0 Å². The van der Waals surface area contributed by atoms with Crippen molar-refractivity contribution in [2.75, 3.05) is 19.8 Å². The minimum atomic E-state index is -0.450. The zero-order chi connectivity index (χ0) is 13.1. The van der Waals surface area contributed by atoms with Gasteiger partial charge in [-0.2, -0.15) is 0 Å². The van der Waals surface area contributed by atoms with E-state index in [1.165, 1.54) is 30.4 Å². The van der Waals surface area contributed by atoms with Crippen molar-refractivity contribution in [1.29, 1.82) is 0 Å². The first-order chi connectivity index (χ1) is 9.27. The summed E-state index contributed by atoms with van der Waals surface area (Å²) in [5, 5.41) is 0. The second-order valence-corrected chi connectivity index (χ2v) is 5.53. The third-order valence-corrected chi connectivity index (χ3v) is 4.06. The molecule has 0 saturated carbocycles. The molecule has 0 atom stereocenters. The van der Waals surface area contributed by atoms with E-state index in [-0.39, 0.29) is 0 Å². The van der Waals surface area contributed by atoms with E-state index in [0.717, 1.165) is 18.6 Å². The predicted molar refractivity (Wildman–Crippen MR) is 73.5 cm³/mol. The molecule has 0 bridgehead atoms. The highest BCUT2D eigenvalue weighted by molar-refractivity contribution is 5.41. The van der Waals surface area contributed by atoms with E-state index in [0.29, 0.717) is 19.8 Å². The van der Waals surface area contributed by atoms with E-state index >= 15 is 0 Å². The Morgan fingerprint density at radius 1 is 1.16 bits per heavy atom. The molecule has 19 heavy (non-hydrogen) atoms. The molecule has 2 aliphatic rings. The van der Waals surface area contributed by atoms with Crippen LogP contribution in [0.2, 0.25) is 0 Å². The monoisotopic (exact) mass is 262 g/mol. The van der Waals surface area contributed by atoms with E-state index < -0.39 is 5.79 Å². The summed E-state index contributed by atoms with van der Waals surface area (Å²) in [7, 11) is 0. The zero-order valence-corrected chi connectivity index (χ0v) is 11.6. The summed E-state index contributed by atoms with van der Waals surface area (Å²) in [4.78, 5) is 0. The summed E-state index contributed by atoms with van der Waals surface area (Å²) in [6.45, 7) is 4.02. The number of aryl methyl sites for hydroxylation is 1. The van der Waals surface area contributed by atoms with Crippen LogP contribution in [0.1, 0.15) is 37.3 Å². The first kappa shape index (κ1) is 12.9. The van der Waals surface area contributed by atoms with Gasteiger partial charge in [0.15, 0.2) is 5.79 Å². The van der Waals surface area contributed by atoms with Crippen molar-refractivity contribution in [1.82, 2.24) is 0 Å². The highest BCUT2D eigenvalue weighted by Gasteiger charge is 2.30. The maximum absolute atomic E-state index is 5.97. The van der Waals surface area contributed by atoms with Gasteiger partial charge in [-0.1, -0.05) is 12.1 Å². The van der Waals surface area contributed by atoms with E-state index in [9.17, 15) is 0 Å². The van der Waals surface area contributed by atoms with Crippen LogP contribution < -0.4 is 4.74 Å². The molecule has 1 heterocycles. The summed E-state index contributed by atoms with van der Waals surface area (Å²) in [5.41, 5.74) is 2.87. The van der Waals surface area contributed by atoms with Crippen LogP contribution in [0.3, 0.4) is 0 Å². The summed E-state index contributed by atoms with van der Waals surface area (Å²) in [6, 6.07) is 6.42. The fraction of sp³-hybridized carbons (Fsp3) is 0.625. The Hall–Kier alpha value is -1.06. The lowest BCUT2D eigenvalue weighted by molar-refractivity contribution is -0.150. The summed E-state index contributed by atoms with van der Waals surface area (Å²) < 4.78 is 17.1. The topological polar surface area (TPSA) is 27.7 Å². The Morgan fingerprint density at radius 2 is 1.95 bits per heavy atom. The number of rotatable bonds is 4. The van der Waals surface area contributed by atoms with Gasteiger partial charge in [-0.3, -0.25) is 0 Å². The fourth-order valence-corrected chi connectivity index (χ4v) is 2.93. The van der Waals surface area contributed by atoms with Gasteiger partial charge in [-0.25, -0.2) is 0 Å². The summed E-state index contributed by atoms with van der Waals surface area (Å²) in [6.07, 6.45) is 5.69. The maximum Gasteiger partial charge on any atom is 0.168 e. The molecule has 0 N–H and O–H groups in total. The molecule has 0 spiro atoms. The molecule has 0 unspecified atom stereocenters. The number of ether oxygens (including phenoxy) is 3. The zero-order valence-electron chi connectivity index (χ0n) is 11.6. The van der Waals surface area contributed by atoms with Crippen LogP contribution in [0, 0.1) is 0 Å². The Balaban J connectivity index is 1.61. The molecule has 3 rings (SSSR count). The lowest BCUT2D eigenvalue weighted by Crippen LogP contribution is -2.28. The number of fused-ring (bicyclic) bond motifs is 1. The van der Waals surface area contributed by atoms with E-state index in [1.807, 2.05) is 6.92 Å². The van der Waals surface area contributed by atoms with Crippen molar-refractivity contribution in [3.05, 3.63) is 29.3 Å². The molecule has 1 aliphatic heterocycles. The molecular formula is C16H22O3. The lowest BCUT2D eigenvalue weighted by Gasteiger charge is -2.23. The van der Waals surface area contributed by atoms with Gasteiger partial charge in [0.25, 0.3) is 0 Å². The van der Waals surface area contributed by atoms with Gasteiger partial charge in [-0.15, -0.1) is 0 Å². The number of hydrogen-bond donors (Lipinski definition) is 0. The fourth-order valence-electron chi connectivity index (χ4n) is 2.93. The maximum atomic E-state index is 5.97. The molecule has 1 aromatic rings. The predicted octanol–water partition coefficient (Wildman–Crippen LogP) is 3.10. The second kappa shape index (κ2) is 5.51. The molecule has 0 aromatic heterocycles. The van der Waals surface area contributed by atoms with Crippen LogP contribution in [0.4, 0.5) is 0 Å².